The van der Waals surface area contributed by atoms with Gasteiger partial charge in [0.25, 0.3) is 0 Å². The van der Waals surface area contributed by atoms with Crippen molar-refractivity contribution in [2.75, 3.05) is 0 Å². The van der Waals surface area contributed by atoms with E-state index < -0.39 is 41.0 Å². The number of rotatable bonds is 6. The van der Waals surface area contributed by atoms with E-state index in [1.165, 1.54) is 0 Å². The highest BCUT2D eigenvalue weighted by atomic mass is 16.6. The van der Waals surface area contributed by atoms with E-state index in [0.717, 1.165) is 11.1 Å². The van der Waals surface area contributed by atoms with Crippen LogP contribution in [0.5, 0.6) is 0 Å². The average Bonchev–Trinajstić information content (AvgIpc) is 2.73. The smallest absolute Gasteiger partial charge is 0.409 e. The number of carbonyl (C=O) groups excluding carboxylic acids is 3. The molecule has 2 atom stereocenters. The second-order valence-corrected chi connectivity index (χ2v) is 11.2. The van der Waals surface area contributed by atoms with Gasteiger partial charge in [0, 0.05) is 6.54 Å². The van der Waals surface area contributed by atoms with E-state index in [2.05, 4.69) is 10.6 Å². The summed E-state index contributed by atoms with van der Waals surface area (Å²) >= 11 is 0. The Bertz CT molecular complexity index is 1040. The maximum absolute atomic E-state index is 13.7. The normalized spacial score (nSPS) is 18.2. The molecule has 1 aliphatic rings. The molecule has 0 radical (unpaired) electrons. The molecule has 0 bridgehead atoms. The van der Waals surface area contributed by atoms with E-state index in [-0.39, 0.29) is 5.91 Å². The first-order chi connectivity index (χ1) is 16.7. The van der Waals surface area contributed by atoms with Crippen molar-refractivity contribution in [3.63, 3.8) is 0 Å². The highest BCUT2D eigenvalue weighted by molar-refractivity contribution is 5.89. The molecule has 0 aliphatic carbocycles. The molecule has 2 N–H and O–H groups in total. The molecule has 3 rings (SSSR count). The Morgan fingerprint density at radius 3 is 1.67 bits per heavy atom. The van der Waals surface area contributed by atoms with Crippen molar-refractivity contribution in [1.29, 1.82) is 0 Å². The molecule has 1 aliphatic heterocycles. The van der Waals surface area contributed by atoms with Crippen molar-refractivity contribution in [2.24, 2.45) is 5.92 Å². The average molecular weight is 496 g/mol. The first-order valence-corrected chi connectivity index (χ1v) is 12.1. The van der Waals surface area contributed by atoms with Crippen molar-refractivity contribution < 1.29 is 23.9 Å². The minimum absolute atomic E-state index is 0.206. The van der Waals surface area contributed by atoms with Crippen molar-refractivity contribution in [1.82, 2.24) is 15.5 Å². The lowest BCUT2D eigenvalue weighted by Gasteiger charge is -2.54. The number of benzene rings is 2. The molecule has 194 valence electrons. The fourth-order valence-corrected chi connectivity index (χ4v) is 4.31. The van der Waals surface area contributed by atoms with E-state index in [9.17, 15) is 14.4 Å². The van der Waals surface area contributed by atoms with Crippen molar-refractivity contribution >= 4 is 18.1 Å². The van der Waals surface area contributed by atoms with Gasteiger partial charge in [-0.1, -0.05) is 60.7 Å². The van der Waals surface area contributed by atoms with Gasteiger partial charge in [-0.25, -0.2) is 9.59 Å². The first-order valence-electron chi connectivity index (χ1n) is 12.1. The standard InChI is InChI=1S/C28H37N3O5/c1-26(2,3)35-24(33)29-28(7,30-25(34)36-27(4,5)6)21-22(20-16-12-9-13-17-20)31(23(21)32)18-19-14-10-8-11-15-19/h8-17,21-22H,18H2,1-7H3,(H,29,33)(H,30,34)/t21-,22-/m0/s1. The van der Waals surface area contributed by atoms with Crippen molar-refractivity contribution in [3.05, 3.63) is 71.8 Å². The van der Waals surface area contributed by atoms with Crippen LogP contribution in [0.3, 0.4) is 0 Å². The molecule has 1 fully saturated rings. The van der Waals surface area contributed by atoms with Crippen LogP contribution in [0.15, 0.2) is 60.7 Å². The van der Waals surface area contributed by atoms with Gasteiger partial charge in [0.15, 0.2) is 0 Å². The number of alkyl carbamates (subject to hydrolysis) is 2. The zero-order chi connectivity index (χ0) is 26.7. The predicted molar refractivity (Wildman–Crippen MR) is 137 cm³/mol. The Labute approximate surface area is 213 Å². The molecule has 0 saturated carbocycles. The fraction of sp³-hybridized carbons (Fsp3) is 0.464. The largest absolute Gasteiger partial charge is 0.444 e. The minimum atomic E-state index is -1.49. The van der Waals surface area contributed by atoms with Crippen LogP contribution in [0.1, 0.15) is 65.6 Å². The molecule has 0 unspecified atom stereocenters. The predicted octanol–water partition coefficient (Wildman–Crippen LogP) is 5.15. The third kappa shape index (κ3) is 6.77. The third-order valence-corrected chi connectivity index (χ3v) is 5.68. The number of hydrogen-bond acceptors (Lipinski definition) is 5. The molecule has 1 saturated heterocycles. The molecule has 0 spiro atoms. The van der Waals surface area contributed by atoms with Crippen molar-refractivity contribution in [3.8, 4) is 0 Å². The molecule has 8 heteroatoms. The van der Waals surface area contributed by atoms with E-state index >= 15 is 0 Å². The summed E-state index contributed by atoms with van der Waals surface area (Å²) in [6, 6.07) is 18.8. The summed E-state index contributed by atoms with van der Waals surface area (Å²) in [6.07, 6.45) is -1.50. The molecule has 1 heterocycles. The van der Waals surface area contributed by atoms with E-state index in [1.807, 2.05) is 60.7 Å². The lowest BCUT2D eigenvalue weighted by molar-refractivity contribution is -0.165. The Balaban J connectivity index is 1.98. The highest BCUT2D eigenvalue weighted by Crippen LogP contribution is 2.46. The molecule has 8 nitrogen and oxygen atoms in total. The van der Waals surface area contributed by atoms with Gasteiger partial charge in [0.05, 0.1) is 6.04 Å². The fourth-order valence-electron chi connectivity index (χ4n) is 4.31. The van der Waals surface area contributed by atoms with Gasteiger partial charge in [-0.15, -0.1) is 0 Å². The zero-order valence-electron chi connectivity index (χ0n) is 22.1. The van der Waals surface area contributed by atoms with Crippen LogP contribution in [-0.4, -0.2) is 39.9 Å². The number of ether oxygens (including phenoxy) is 2. The van der Waals surface area contributed by atoms with Gasteiger partial charge in [0.1, 0.15) is 22.8 Å². The second-order valence-electron chi connectivity index (χ2n) is 11.2. The van der Waals surface area contributed by atoms with E-state index in [4.69, 9.17) is 9.47 Å². The van der Waals surface area contributed by atoms with Crippen LogP contribution in [0.25, 0.3) is 0 Å². The van der Waals surface area contributed by atoms with Crippen LogP contribution < -0.4 is 10.6 Å². The summed E-state index contributed by atoms with van der Waals surface area (Å²) in [5.74, 6) is -1.01. The number of nitrogens with one attached hydrogen (secondary N) is 2. The summed E-state index contributed by atoms with van der Waals surface area (Å²) < 4.78 is 10.9. The highest BCUT2D eigenvalue weighted by Gasteiger charge is 2.58. The summed E-state index contributed by atoms with van der Waals surface area (Å²) in [4.78, 5) is 41.1. The van der Waals surface area contributed by atoms with E-state index in [1.54, 1.807) is 53.4 Å². The van der Waals surface area contributed by atoms with Gasteiger partial charge in [-0.3, -0.25) is 15.4 Å². The number of hydrogen-bond donors (Lipinski definition) is 2. The van der Waals surface area contributed by atoms with Gasteiger partial charge in [-0.2, -0.15) is 0 Å². The van der Waals surface area contributed by atoms with Crippen LogP contribution in [-0.2, 0) is 20.8 Å². The topological polar surface area (TPSA) is 97.0 Å². The van der Waals surface area contributed by atoms with Gasteiger partial charge >= 0.3 is 12.2 Å². The lowest BCUT2D eigenvalue weighted by Crippen LogP contribution is -2.73. The zero-order valence-corrected chi connectivity index (χ0v) is 22.1. The van der Waals surface area contributed by atoms with Crippen molar-refractivity contribution in [2.45, 2.75) is 77.9 Å². The van der Waals surface area contributed by atoms with Crippen LogP contribution >= 0.6 is 0 Å². The molecule has 0 aromatic heterocycles. The molecule has 2 aromatic carbocycles. The molecular formula is C28H37N3O5. The number of likely N-dealkylation sites (tertiary alicyclic amines) is 1. The quantitative estimate of drug-likeness (QED) is 0.427. The maximum Gasteiger partial charge on any atom is 0.409 e. The minimum Gasteiger partial charge on any atom is -0.444 e. The number of carbonyl (C=O) groups is 3. The SMILES string of the molecule is CC(C)(C)OC(=O)NC(C)(NC(=O)OC(C)(C)C)[C@@H]1C(=O)N(Cc2ccccc2)[C@H]1c1ccccc1. The Kier molecular flexibility index (Phi) is 7.67. The Hall–Kier alpha value is -3.55. The third-order valence-electron chi connectivity index (χ3n) is 5.68. The Morgan fingerprint density at radius 1 is 0.778 bits per heavy atom. The van der Waals surface area contributed by atoms with Gasteiger partial charge in [-0.05, 0) is 59.6 Å². The van der Waals surface area contributed by atoms with Crippen LogP contribution in [0.4, 0.5) is 9.59 Å². The molecular weight excluding hydrogens is 458 g/mol. The number of β-lactam (4-membered cyclic amide) rings is 1. The monoisotopic (exact) mass is 495 g/mol. The summed E-state index contributed by atoms with van der Waals surface area (Å²) in [5.41, 5.74) is -1.15. The molecule has 2 aromatic rings. The molecule has 36 heavy (non-hydrogen) atoms. The van der Waals surface area contributed by atoms with E-state index in [0.29, 0.717) is 6.54 Å². The number of nitrogens with zero attached hydrogens (tertiary/aromatic N) is 1. The van der Waals surface area contributed by atoms with Crippen LogP contribution in [0.2, 0.25) is 0 Å². The first kappa shape index (κ1) is 27.0. The summed E-state index contributed by atoms with van der Waals surface area (Å²) in [5, 5.41) is 5.53. The lowest BCUT2D eigenvalue weighted by atomic mass is 9.74. The van der Waals surface area contributed by atoms with Crippen LogP contribution in [0, 0.1) is 5.92 Å². The molecule has 3 amide bonds. The maximum atomic E-state index is 13.7. The summed E-state index contributed by atoms with van der Waals surface area (Å²) in [7, 11) is 0. The second kappa shape index (κ2) is 10.2. The number of amides is 3. The van der Waals surface area contributed by atoms with Gasteiger partial charge < -0.3 is 14.4 Å². The Morgan fingerprint density at radius 2 is 1.22 bits per heavy atom. The summed E-state index contributed by atoms with van der Waals surface area (Å²) in [6.45, 7) is 12.5. The van der Waals surface area contributed by atoms with Gasteiger partial charge in [0.2, 0.25) is 5.91 Å².